The first-order chi connectivity index (χ1) is 66.3. The maximum absolute atomic E-state index is 6.55. The maximum Gasteiger partial charge on any atom is 0.197 e. The van der Waals surface area contributed by atoms with Crippen molar-refractivity contribution in [2.24, 2.45) is 0 Å². The summed E-state index contributed by atoms with van der Waals surface area (Å²) in [5, 5.41) is 3.05. The molecule has 3 aliphatic heterocycles. The summed E-state index contributed by atoms with van der Waals surface area (Å²) in [5.41, 5.74) is 34.9. The molecule has 3 aromatic heterocycles. The van der Waals surface area contributed by atoms with E-state index in [0.29, 0.717) is 39.6 Å². The molecule has 0 atom stereocenters. The van der Waals surface area contributed by atoms with Gasteiger partial charge in [0.2, 0.25) is 0 Å². The standard InChI is InChI=1S/C45H35NO2S.2C39H31NO2S/c1-45(2)38-21-13-12-20-35(38)36-24-23-34(29-39(36)45)46(44-42-41(47-26-27-48-42)43(49-44)32-18-10-5-11-19-32)40-25-22-33(30-14-6-3-7-15-30)28-37(40)31-16-8-4-9-17-31;1-39(2)31-17-10-9-16-30(31)34-32(39)18-11-19-33(34)40(29-22-20-27(21-23-29)26-12-5-3-6-13-26)38-36-35(41-24-25-42-36)37(43-38)28-14-7-4-8-15-28;1-39(2)33-16-10-9-15-31(33)32-22-21-30(25-34(32)39)40(29-19-17-27(18-20-29)26-11-5-3-6-12-26)38-36-35(41-23-24-42-36)37(43-38)28-13-7-4-8-14-28/h3-25,28-29H,26-27H2,1-2H3;3-23H,24-25H2,1-2H3;3-22,25H,23-24H2,1-2H3. The summed E-state index contributed by atoms with van der Waals surface area (Å²) in [7, 11) is 0. The van der Waals surface area contributed by atoms with E-state index < -0.39 is 0 Å². The van der Waals surface area contributed by atoms with Crippen LogP contribution in [0.25, 0.3) is 109 Å². The fourth-order valence-electron chi connectivity index (χ4n) is 20.5. The van der Waals surface area contributed by atoms with Crippen molar-refractivity contribution in [3.05, 3.63) is 440 Å². The lowest BCUT2D eigenvalue weighted by Gasteiger charge is -2.30. The number of thiophene rings is 3. The molecule has 135 heavy (non-hydrogen) atoms. The molecule has 0 N–H and O–H groups in total. The van der Waals surface area contributed by atoms with Gasteiger partial charge in [-0.1, -0.05) is 381 Å². The number of benzene rings is 16. The van der Waals surface area contributed by atoms with Gasteiger partial charge in [0.15, 0.2) is 34.5 Å². The van der Waals surface area contributed by atoms with Crippen LogP contribution >= 0.6 is 34.0 Å². The number of fused-ring (bicyclic) bond motifs is 12. The minimum atomic E-state index is -0.142. The Morgan fingerprint density at radius 2 is 0.474 bits per heavy atom. The maximum atomic E-state index is 6.55. The van der Waals surface area contributed by atoms with Crippen molar-refractivity contribution < 1.29 is 28.4 Å². The molecule has 0 radical (unpaired) electrons. The smallest absolute Gasteiger partial charge is 0.197 e. The van der Waals surface area contributed by atoms with Crippen LogP contribution in [0.3, 0.4) is 0 Å². The van der Waals surface area contributed by atoms with Crippen LogP contribution in [0.2, 0.25) is 0 Å². The Morgan fingerprint density at radius 3 is 0.889 bits per heavy atom. The quantitative estimate of drug-likeness (QED) is 0.0941. The molecule has 9 nitrogen and oxygen atoms in total. The van der Waals surface area contributed by atoms with Crippen LogP contribution in [-0.2, 0) is 16.2 Å². The lowest BCUT2D eigenvalue weighted by molar-refractivity contribution is 0.175. The molecule has 6 heterocycles. The molecule has 16 aromatic carbocycles. The zero-order valence-electron chi connectivity index (χ0n) is 75.9. The Morgan fingerprint density at radius 1 is 0.193 bits per heavy atom. The SMILES string of the molecule is CC1(C)c2ccccc2-c2c(N(c3ccc(-c4ccccc4)cc3)c3sc(-c4ccccc4)c4c3OCCO4)cccc21.CC1(C)c2ccccc2-c2ccc(N(c3ccc(-c4ccccc4)cc3)c3sc(-c4ccccc4)c4c3OCCO4)cc21.CC1(C)c2ccccc2-c2ccc(N(c3ccc(-c4ccccc4)cc3-c3ccccc3)c3sc(-c4ccccc4)c4c3OCCO4)cc21. The van der Waals surface area contributed by atoms with Crippen molar-refractivity contribution in [3.63, 3.8) is 0 Å². The Bertz CT molecular complexity index is 7620. The van der Waals surface area contributed by atoms with Crippen molar-refractivity contribution in [1.82, 2.24) is 0 Å². The van der Waals surface area contributed by atoms with Crippen LogP contribution in [0.5, 0.6) is 34.5 Å². The first-order valence-electron chi connectivity index (χ1n) is 46.4. The first kappa shape index (κ1) is 84.1. The Labute approximate surface area is 801 Å². The highest BCUT2D eigenvalue weighted by molar-refractivity contribution is 7.21. The van der Waals surface area contributed by atoms with Gasteiger partial charge in [-0.25, -0.2) is 0 Å². The zero-order chi connectivity index (χ0) is 90.9. The van der Waals surface area contributed by atoms with Gasteiger partial charge in [-0.05, 0) is 184 Å². The van der Waals surface area contributed by atoms with Gasteiger partial charge in [-0.3, -0.25) is 14.7 Å². The molecule has 19 aromatic rings. The third kappa shape index (κ3) is 15.1. The second-order valence-electron chi connectivity index (χ2n) is 36.3. The topological polar surface area (TPSA) is 65.1 Å². The third-order valence-corrected chi connectivity index (χ3v) is 30.8. The van der Waals surface area contributed by atoms with Crippen molar-refractivity contribution in [2.45, 2.75) is 57.8 Å². The van der Waals surface area contributed by atoms with E-state index in [1.807, 2.05) is 6.07 Å². The average molecular weight is 1810 g/mol. The summed E-state index contributed by atoms with van der Waals surface area (Å²) < 4.78 is 38.4. The van der Waals surface area contributed by atoms with Crippen LogP contribution in [0, 0.1) is 0 Å². The first-order valence-corrected chi connectivity index (χ1v) is 48.9. The van der Waals surface area contributed by atoms with Crippen LogP contribution in [0.15, 0.2) is 406 Å². The minimum Gasteiger partial charge on any atom is -0.485 e. The van der Waals surface area contributed by atoms with Crippen molar-refractivity contribution in [3.8, 4) is 144 Å². The van der Waals surface area contributed by atoms with Crippen molar-refractivity contribution in [2.75, 3.05) is 54.3 Å². The lowest BCUT2D eigenvalue weighted by Crippen LogP contribution is -2.18. The van der Waals surface area contributed by atoms with Gasteiger partial charge in [0, 0.05) is 50.1 Å². The van der Waals surface area contributed by atoms with Crippen molar-refractivity contribution >= 4 is 83.1 Å². The number of rotatable bonds is 16. The second kappa shape index (κ2) is 35.1. The Hall–Kier alpha value is -15.2. The molecule has 0 spiro atoms. The molecule has 0 unspecified atom stereocenters. The number of hydrogen-bond donors (Lipinski definition) is 0. The van der Waals surface area contributed by atoms with Gasteiger partial charge in [-0.15, -0.1) is 34.0 Å². The van der Waals surface area contributed by atoms with Crippen LogP contribution in [0.4, 0.5) is 49.1 Å². The summed E-state index contributed by atoms with van der Waals surface area (Å²) >= 11 is 5.18. The van der Waals surface area contributed by atoms with Gasteiger partial charge in [0.1, 0.15) is 54.6 Å². The molecule has 0 amide bonds. The van der Waals surface area contributed by atoms with E-state index in [1.54, 1.807) is 34.0 Å². The molecule has 3 aliphatic carbocycles. The molecule has 658 valence electrons. The van der Waals surface area contributed by atoms with Gasteiger partial charge in [-0.2, -0.15) is 0 Å². The van der Waals surface area contributed by atoms with Gasteiger partial charge in [0.05, 0.1) is 26.0 Å². The summed E-state index contributed by atoms with van der Waals surface area (Å²) in [6.45, 7) is 17.2. The molecule has 25 rings (SSSR count). The van der Waals surface area contributed by atoms with Crippen molar-refractivity contribution in [1.29, 1.82) is 0 Å². The van der Waals surface area contributed by atoms with E-state index in [2.05, 4.69) is 457 Å². The zero-order valence-corrected chi connectivity index (χ0v) is 78.4. The predicted octanol–water partition coefficient (Wildman–Crippen LogP) is 33.6. The van der Waals surface area contributed by atoms with E-state index in [9.17, 15) is 0 Å². The highest BCUT2D eigenvalue weighted by atomic mass is 32.1. The number of hydrogen-bond acceptors (Lipinski definition) is 12. The summed E-state index contributed by atoms with van der Waals surface area (Å²) in [4.78, 5) is 10.4. The Balaban J connectivity index is 0.000000114. The molecule has 0 saturated carbocycles. The molecular weight excluding hydrogens is 1710 g/mol. The predicted molar refractivity (Wildman–Crippen MR) is 561 cm³/mol. The summed E-state index contributed by atoms with van der Waals surface area (Å²) in [6.07, 6.45) is 0. The molecule has 0 bridgehead atoms. The number of nitrogens with zero attached hydrogens (tertiary/aromatic N) is 3. The van der Waals surface area contributed by atoms with E-state index in [1.165, 1.54) is 100 Å². The van der Waals surface area contributed by atoms with E-state index in [4.69, 9.17) is 28.4 Å². The minimum absolute atomic E-state index is 0.103. The number of anilines is 9. The van der Waals surface area contributed by atoms with E-state index >= 15 is 0 Å². The Kier molecular flexibility index (Phi) is 21.9. The monoisotopic (exact) mass is 1810 g/mol. The summed E-state index contributed by atoms with van der Waals surface area (Å²) in [6, 6.07) is 146. The molecular formula is C123H97N3O6S3. The third-order valence-electron chi connectivity index (χ3n) is 27.2. The van der Waals surface area contributed by atoms with Gasteiger partial charge >= 0.3 is 0 Å². The lowest BCUT2D eigenvalue weighted by atomic mass is 9.82. The average Bonchev–Trinajstić information content (AvgIpc) is 1.58. The van der Waals surface area contributed by atoms with E-state index in [-0.39, 0.29) is 16.2 Å². The normalized spacial score (nSPS) is 14.1. The summed E-state index contributed by atoms with van der Waals surface area (Å²) in [5.74, 6) is 4.90. The van der Waals surface area contributed by atoms with E-state index in [0.717, 1.165) is 126 Å². The second-order valence-corrected chi connectivity index (χ2v) is 39.3. The largest absolute Gasteiger partial charge is 0.485 e. The molecule has 6 aliphatic rings. The van der Waals surface area contributed by atoms with Crippen LogP contribution in [-0.4, -0.2) is 39.6 Å². The molecule has 12 heteroatoms. The van der Waals surface area contributed by atoms with Crippen LogP contribution in [0.1, 0.15) is 74.9 Å². The highest BCUT2D eigenvalue weighted by Crippen LogP contribution is 2.65. The van der Waals surface area contributed by atoms with Crippen LogP contribution < -0.4 is 43.1 Å². The fourth-order valence-corrected chi connectivity index (χ4v) is 24.2. The fraction of sp³-hybridized carbons (Fsp3) is 0.122. The number of ether oxygens (including phenoxy) is 6. The highest BCUT2D eigenvalue weighted by Gasteiger charge is 2.43. The molecule has 0 fully saturated rings. The molecule has 0 saturated heterocycles. The van der Waals surface area contributed by atoms with Gasteiger partial charge < -0.3 is 28.4 Å². The van der Waals surface area contributed by atoms with Gasteiger partial charge in [0.25, 0.3) is 0 Å².